The van der Waals surface area contributed by atoms with E-state index in [1.165, 1.54) is 0 Å². The molecule has 2 rings (SSSR count). The van der Waals surface area contributed by atoms with Crippen molar-refractivity contribution in [1.82, 2.24) is 5.48 Å². The number of amides is 2. The Morgan fingerprint density at radius 1 is 1.47 bits per heavy atom. The Hall–Kier alpha value is -2.08. The number of benzene rings is 1. The van der Waals surface area contributed by atoms with Crippen LogP contribution in [0.1, 0.15) is 15.9 Å². The van der Waals surface area contributed by atoms with Crippen LogP contribution in [0.15, 0.2) is 18.2 Å². The molecule has 0 unspecified atom stereocenters. The number of carbonyl (C=O) groups is 2. The van der Waals surface area contributed by atoms with E-state index in [4.69, 9.17) is 10.5 Å². The van der Waals surface area contributed by atoms with Crippen molar-refractivity contribution in [3.8, 4) is 5.75 Å². The predicted octanol–water partition coefficient (Wildman–Crippen LogP) is -0.232. The average Bonchev–Trinajstić information content (AvgIpc) is 2.75. The fourth-order valence-electron chi connectivity index (χ4n) is 1.56. The molecule has 0 bridgehead atoms. The molecule has 1 aliphatic heterocycles. The molecule has 1 aliphatic rings. The third-order valence-electron chi connectivity index (χ3n) is 2.33. The van der Waals surface area contributed by atoms with Crippen LogP contribution in [0, 0.1) is 0 Å². The van der Waals surface area contributed by atoms with Gasteiger partial charge in [0.1, 0.15) is 5.75 Å². The lowest BCUT2D eigenvalue weighted by Crippen LogP contribution is -2.29. The maximum absolute atomic E-state index is 11.6. The van der Waals surface area contributed by atoms with Gasteiger partial charge in [-0.15, -0.1) is 0 Å². The van der Waals surface area contributed by atoms with Gasteiger partial charge in [-0.25, -0.2) is 5.48 Å². The van der Waals surface area contributed by atoms with Crippen LogP contribution in [0.3, 0.4) is 0 Å². The molecule has 0 saturated carbocycles. The minimum atomic E-state index is -0.646. The Balaban J connectivity index is 1.97. The van der Waals surface area contributed by atoms with Crippen LogP contribution in [0.2, 0.25) is 0 Å². The standard InChI is InChI=1S/C11H12N2O4/c12-10(14)6-17-13-11(15)8-1-2-9-7(5-8)3-4-16-9/h1-2,5H,3-4,6H2,(H2,12,14)(H,13,15). The van der Waals surface area contributed by atoms with Crippen molar-refractivity contribution in [2.75, 3.05) is 13.2 Å². The lowest BCUT2D eigenvalue weighted by atomic mass is 10.1. The minimum absolute atomic E-state index is 0.347. The molecule has 90 valence electrons. The predicted molar refractivity (Wildman–Crippen MR) is 58.3 cm³/mol. The monoisotopic (exact) mass is 236 g/mol. The molecule has 0 radical (unpaired) electrons. The Kier molecular flexibility index (Phi) is 3.24. The minimum Gasteiger partial charge on any atom is -0.493 e. The zero-order chi connectivity index (χ0) is 12.3. The first kappa shape index (κ1) is 11.4. The summed E-state index contributed by atoms with van der Waals surface area (Å²) in [7, 11) is 0. The summed E-state index contributed by atoms with van der Waals surface area (Å²) in [5.74, 6) is -0.256. The van der Waals surface area contributed by atoms with Crippen molar-refractivity contribution in [1.29, 1.82) is 0 Å². The topological polar surface area (TPSA) is 90.7 Å². The molecule has 0 aromatic heterocycles. The maximum atomic E-state index is 11.6. The molecule has 0 spiro atoms. The molecule has 1 aromatic rings. The highest BCUT2D eigenvalue weighted by Crippen LogP contribution is 2.25. The average molecular weight is 236 g/mol. The third-order valence-corrected chi connectivity index (χ3v) is 2.33. The number of carbonyl (C=O) groups excluding carboxylic acids is 2. The van der Waals surface area contributed by atoms with Gasteiger partial charge in [-0.05, 0) is 23.8 Å². The maximum Gasteiger partial charge on any atom is 0.274 e. The van der Waals surface area contributed by atoms with E-state index < -0.39 is 11.8 Å². The van der Waals surface area contributed by atoms with E-state index in [2.05, 4.69) is 10.3 Å². The van der Waals surface area contributed by atoms with Gasteiger partial charge < -0.3 is 10.5 Å². The molecule has 17 heavy (non-hydrogen) atoms. The summed E-state index contributed by atoms with van der Waals surface area (Å²) in [5.41, 5.74) is 8.45. The van der Waals surface area contributed by atoms with E-state index in [0.29, 0.717) is 12.2 Å². The molecule has 6 heteroatoms. The van der Waals surface area contributed by atoms with Crippen molar-refractivity contribution >= 4 is 11.8 Å². The SMILES string of the molecule is NC(=O)CONC(=O)c1ccc2c(c1)CCO2. The van der Waals surface area contributed by atoms with E-state index in [-0.39, 0.29) is 6.61 Å². The van der Waals surface area contributed by atoms with Gasteiger partial charge in [0.25, 0.3) is 5.91 Å². The molecule has 0 saturated heterocycles. The molecule has 3 N–H and O–H groups in total. The van der Waals surface area contributed by atoms with Gasteiger partial charge in [-0.1, -0.05) is 0 Å². The number of ether oxygens (including phenoxy) is 1. The molecule has 6 nitrogen and oxygen atoms in total. The van der Waals surface area contributed by atoms with Crippen LogP contribution in [0.5, 0.6) is 5.75 Å². The summed E-state index contributed by atoms with van der Waals surface area (Å²) < 4.78 is 5.32. The number of hydrogen-bond acceptors (Lipinski definition) is 4. The van der Waals surface area contributed by atoms with Crippen LogP contribution in [0.25, 0.3) is 0 Å². The number of fused-ring (bicyclic) bond motifs is 1. The first-order valence-corrected chi connectivity index (χ1v) is 5.13. The van der Waals surface area contributed by atoms with Crippen LogP contribution in [0.4, 0.5) is 0 Å². The Bertz CT molecular complexity index is 459. The molecular weight excluding hydrogens is 224 g/mol. The summed E-state index contributed by atoms with van der Waals surface area (Å²) in [6.45, 7) is 0.290. The first-order valence-electron chi connectivity index (χ1n) is 5.13. The smallest absolute Gasteiger partial charge is 0.274 e. The van der Waals surface area contributed by atoms with Crippen molar-refractivity contribution in [2.45, 2.75) is 6.42 Å². The van der Waals surface area contributed by atoms with Gasteiger partial charge in [0.15, 0.2) is 6.61 Å². The highest BCUT2D eigenvalue weighted by Gasteiger charge is 2.15. The van der Waals surface area contributed by atoms with Gasteiger partial charge >= 0.3 is 0 Å². The highest BCUT2D eigenvalue weighted by molar-refractivity contribution is 5.94. The van der Waals surface area contributed by atoms with E-state index in [9.17, 15) is 9.59 Å². The number of primary amides is 1. The van der Waals surface area contributed by atoms with Crippen molar-refractivity contribution in [2.24, 2.45) is 5.73 Å². The van der Waals surface area contributed by atoms with E-state index in [1.54, 1.807) is 18.2 Å². The van der Waals surface area contributed by atoms with E-state index in [0.717, 1.165) is 17.7 Å². The van der Waals surface area contributed by atoms with E-state index in [1.807, 2.05) is 0 Å². The molecule has 2 amide bonds. The van der Waals surface area contributed by atoms with Gasteiger partial charge in [0, 0.05) is 12.0 Å². The van der Waals surface area contributed by atoms with Gasteiger partial charge in [-0.2, -0.15) is 0 Å². The fourth-order valence-corrected chi connectivity index (χ4v) is 1.56. The fraction of sp³-hybridized carbons (Fsp3) is 0.273. The second kappa shape index (κ2) is 4.84. The van der Waals surface area contributed by atoms with Crippen molar-refractivity contribution in [3.05, 3.63) is 29.3 Å². The van der Waals surface area contributed by atoms with Gasteiger partial charge in [0.05, 0.1) is 6.61 Å². The summed E-state index contributed by atoms with van der Waals surface area (Å²) >= 11 is 0. The lowest BCUT2D eigenvalue weighted by Gasteiger charge is -2.05. The van der Waals surface area contributed by atoms with Crippen LogP contribution in [-0.2, 0) is 16.1 Å². The molecule has 0 fully saturated rings. The number of hydrogen-bond donors (Lipinski definition) is 2. The highest BCUT2D eigenvalue weighted by atomic mass is 16.7. The molecule has 0 aliphatic carbocycles. The normalized spacial score (nSPS) is 12.7. The number of hydroxylamine groups is 1. The second-order valence-corrected chi connectivity index (χ2v) is 3.61. The van der Waals surface area contributed by atoms with Gasteiger partial charge in [-0.3, -0.25) is 14.4 Å². The Morgan fingerprint density at radius 2 is 2.29 bits per heavy atom. The van der Waals surface area contributed by atoms with Crippen LogP contribution >= 0.6 is 0 Å². The zero-order valence-electron chi connectivity index (χ0n) is 9.06. The van der Waals surface area contributed by atoms with Crippen molar-refractivity contribution in [3.63, 3.8) is 0 Å². The van der Waals surface area contributed by atoms with Crippen molar-refractivity contribution < 1.29 is 19.2 Å². The summed E-state index contributed by atoms with van der Waals surface area (Å²) in [4.78, 5) is 26.6. The molecular formula is C11H12N2O4. The number of nitrogens with one attached hydrogen (secondary N) is 1. The number of rotatable bonds is 4. The second-order valence-electron chi connectivity index (χ2n) is 3.61. The molecule has 1 heterocycles. The largest absolute Gasteiger partial charge is 0.493 e. The molecule has 0 atom stereocenters. The molecule has 1 aromatic carbocycles. The zero-order valence-corrected chi connectivity index (χ0v) is 9.06. The third kappa shape index (κ3) is 2.73. The number of nitrogens with two attached hydrogens (primary N) is 1. The van der Waals surface area contributed by atoms with Gasteiger partial charge in [0.2, 0.25) is 5.91 Å². The summed E-state index contributed by atoms with van der Waals surface area (Å²) in [5, 5.41) is 0. The Labute approximate surface area is 97.6 Å². The van der Waals surface area contributed by atoms with Crippen LogP contribution < -0.4 is 16.0 Å². The summed E-state index contributed by atoms with van der Waals surface area (Å²) in [6, 6.07) is 5.11. The van der Waals surface area contributed by atoms with E-state index >= 15 is 0 Å². The first-order chi connectivity index (χ1) is 8.16. The Morgan fingerprint density at radius 3 is 3.06 bits per heavy atom. The lowest BCUT2D eigenvalue weighted by molar-refractivity contribution is -0.124. The summed E-state index contributed by atoms with van der Waals surface area (Å²) in [6.07, 6.45) is 0.790. The van der Waals surface area contributed by atoms with Crippen LogP contribution in [-0.4, -0.2) is 25.0 Å². The quantitative estimate of drug-likeness (QED) is 0.706.